The van der Waals surface area contributed by atoms with Crippen LogP contribution in [0.4, 0.5) is 4.79 Å². The highest BCUT2D eigenvalue weighted by molar-refractivity contribution is 14.1. The molecular formula is C27H31IN6O5. The molecule has 0 unspecified atom stereocenters. The van der Waals surface area contributed by atoms with Gasteiger partial charge in [0.2, 0.25) is 5.88 Å². The Morgan fingerprint density at radius 1 is 1.10 bits per heavy atom. The number of pyridine rings is 1. The second-order valence-electron chi connectivity index (χ2n) is 9.65. The maximum absolute atomic E-state index is 12.3. The van der Waals surface area contributed by atoms with Crippen molar-refractivity contribution >= 4 is 50.6 Å². The van der Waals surface area contributed by atoms with E-state index in [9.17, 15) is 4.79 Å². The molecule has 4 aromatic rings. The molecule has 1 fully saturated rings. The van der Waals surface area contributed by atoms with Gasteiger partial charge in [0.25, 0.3) is 0 Å². The lowest BCUT2D eigenvalue weighted by Gasteiger charge is -2.35. The third-order valence-corrected chi connectivity index (χ3v) is 6.53. The fourth-order valence-electron chi connectivity index (χ4n) is 4.38. The number of alkyl halides is 1. The van der Waals surface area contributed by atoms with Crippen LogP contribution in [0.1, 0.15) is 20.3 Å². The quantitative estimate of drug-likeness (QED) is 0.152. The Labute approximate surface area is 239 Å². The first-order chi connectivity index (χ1) is 18.8. The zero-order valence-corrected chi connectivity index (χ0v) is 24.3. The lowest BCUT2D eigenvalue weighted by molar-refractivity contribution is 0.0508. The van der Waals surface area contributed by atoms with Gasteiger partial charge >= 0.3 is 6.09 Å². The second kappa shape index (κ2) is 11.8. The molecule has 39 heavy (non-hydrogen) atoms. The fraction of sp³-hybridized carbons (Fsp3) is 0.407. The number of nitrogens with one attached hydrogen (secondary N) is 1. The molecule has 1 N–H and O–H groups in total. The number of halogens is 1. The van der Waals surface area contributed by atoms with Crippen LogP contribution in [-0.4, -0.2) is 85.9 Å². The van der Waals surface area contributed by atoms with E-state index in [0.29, 0.717) is 53.7 Å². The van der Waals surface area contributed by atoms with E-state index in [1.165, 1.54) is 6.33 Å². The highest BCUT2D eigenvalue weighted by Crippen LogP contribution is 2.36. The van der Waals surface area contributed by atoms with Crippen molar-refractivity contribution in [3.8, 4) is 23.1 Å². The maximum Gasteiger partial charge on any atom is 0.411 e. The van der Waals surface area contributed by atoms with E-state index in [0.717, 1.165) is 37.1 Å². The minimum atomic E-state index is -0.511. The van der Waals surface area contributed by atoms with Crippen molar-refractivity contribution in [3.05, 3.63) is 43.0 Å². The van der Waals surface area contributed by atoms with Crippen LogP contribution in [0.25, 0.3) is 21.9 Å². The number of ether oxygens (including phenoxy) is 4. The number of hydrogen-bond donors (Lipinski definition) is 1. The summed E-state index contributed by atoms with van der Waals surface area (Å²) in [4.78, 5) is 32.5. The molecule has 3 aromatic heterocycles. The summed E-state index contributed by atoms with van der Waals surface area (Å²) in [5.74, 6) is 2.17. The molecule has 0 atom stereocenters. The van der Waals surface area contributed by atoms with E-state index in [1.807, 2.05) is 44.3 Å². The molecule has 1 amide bonds. The number of carbonyl (C=O) groups is 1. The van der Waals surface area contributed by atoms with E-state index in [2.05, 4.69) is 47.4 Å². The fourth-order valence-corrected chi connectivity index (χ4v) is 4.57. The Morgan fingerprint density at radius 2 is 1.92 bits per heavy atom. The minimum Gasteiger partial charge on any atom is -0.493 e. The largest absolute Gasteiger partial charge is 0.493 e. The summed E-state index contributed by atoms with van der Waals surface area (Å²) >= 11 is 2.12. The molecule has 0 saturated carbocycles. The van der Waals surface area contributed by atoms with Crippen LogP contribution in [0.3, 0.4) is 0 Å². The van der Waals surface area contributed by atoms with Gasteiger partial charge in [-0.3, -0.25) is 4.90 Å². The molecule has 0 spiro atoms. The van der Waals surface area contributed by atoms with Gasteiger partial charge < -0.3 is 28.8 Å². The molecule has 0 bridgehead atoms. The standard InChI is InChI=1S/C27H31IN6O5/c1-27(2,28)39-26(35)34-10-8-33(9-11-34)7-4-12-37-23-15-21-20(14-22(23)36-3)25(32-17-31-21)38-19-13-18-5-6-29-24(18)30-16-19/h5-6,13-17H,4,7-12H2,1-3H3,(H,29,30). The van der Waals surface area contributed by atoms with Gasteiger partial charge in [-0.2, -0.15) is 0 Å². The molecular weight excluding hydrogens is 615 g/mol. The Kier molecular flexibility index (Phi) is 8.21. The third-order valence-electron chi connectivity index (χ3n) is 6.31. The molecule has 1 aromatic carbocycles. The van der Waals surface area contributed by atoms with E-state index in [-0.39, 0.29) is 6.09 Å². The van der Waals surface area contributed by atoms with E-state index in [1.54, 1.807) is 18.2 Å². The van der Waals surface area contributed by atoms with Crippen molar-refractivity contribution in [1.29, 1.82) is 0 Å². The van der Waals surface area contributed by atoms with E-state index >= 15 is 0 Å². The number of benzene rings is 1. The van der Waals surface area contributed by atoms with Gasteiger partial charge in [0, 0.05) is 50.4 Å². The smallest absolute Gasteiger partial charge is 0.411 e. The van der Waals surface area contributed by atoms with Gasteiger partial charge in [-0.25, -0.2) is 19.7 Å². The molecule has 0 radical (unpaired) electrons. The average molecular weight is 646 g/mol. The van der Waals surface area contributed by atoms with Gasteiger partial charge in [0.05, 0.1) is 30.8 Å². The Bertz CT molecular complexity index is 1450. The molecule has 0 aliphatic carbocycles. The lowest BCUT2D eigenvalue weighted by Crippen LogP contribution is -2.50. The number of nitrogens with zero attached hydrogens (tertiary/aromatic N) is 5. The number of aromatic amines is 1. The van der Waals surface area contributed by atoms with E-state index in [4.69, 9.17) is 18.9 Å². The summed E-state index contributed by atoms with van der Waals surface area (Å²) in [5, 5.41) is 1.65. The van der Waals surface area contributed by atoms with Gasteiger partial charge in [-0.1, -0.05) is 0 Å². The second-order valence-corrected chi connectivity index (χ2v) is 12.2. The zero-order valence-electron chi connectivity index (χ0n) is 22.1. The van der Waals surface area contributed by atoms with Crippen molar-refractivity contribution < 1.29 is 23.7 Å². The van der Waals surface area contributed by atoms with Gasteiger partial charge in [-0.15, -0.1) is 0 Å². The highest BCUT2D eigenvalue weighted by Gasteiger charge is 2.26. The first kappa shape index (κ1) is 27.2. The number of aromatic nitrogens is 4. The summed E-state index contributed by atoms with van der Waals surface area (Å²) in [6.45, 7) is 8.06. The van der Waals surface area contributed by atoms with Crippen molar-refractivity contribution in [2.45, 2.75) is 23.9 Å². The molecule has 1 aliphatic heterocycles. The van der Waals surface area contributed by atoms with Crippen molar-refractivity contribution in [2.75, 3.05) is 46.4 Å². The topological polar surface area (TPSA) is 115 Å². The number of fused-ring (bicyclic) bond motifs is 2. The summed E-state index contributed by atoms with van der Waals surface area (Å²) in [5.41, 5.74) is 1.48. The van der Waals surface area contributed by atoms with Gasteiger partial charge in [0.1, 0.15) is 17.7 Å². The highest BCUT2D eigenvalue weighted by atomic mass is 127. The summed E-state index contributed by atoms with van der Waals surface area (Å²) < 4.78 is 22.7. The molecule has 206 valence electrons. The lowest BCUT2D eigenvalue weighted by atomic mass is 10.2. The third kappa shape index (κ3) is 6.79. The molecule has 11 nitrogen and oxygen atoms in total. The first-order valence-corrected chi connectivity index (χ1v) is 13.8. The monoisotopic (exact) mass is 646 g/mol. The normalized spacial score (nSPS) is 14.5. The summed E-state index contributed by atoms with van der Waals surface area (Å²) in [6, 6.07) is 7.51. The average Bonchev–Trinajstić information content (AvgIpc) is 3.38. The SMILES string of the molecule is COc1cc2c(Oc3cnc4[nH]ccc4c3)ncnc2cc1OCCCN1CCN(C(=O)OC(C)(C)I)CC1. The predicted octanol–water partition coefficient (Wildman–Crippen LogP) is 5.00. The predicted molar refractivity (Wildman–Crippen MR) is 155 cm³/mol. The minimum absolute atomic E-state index is 0.253. The number of piperazine rings is 1. The van der Waals surface area contributed by atoms with Gasteiger partial charge in [0.15, 0.2) is 15.1 Å². The maximum atomic E-state index is 12.3. The van der Waals surface area contributed by atoms with Crippen molar-refractivity contribution in [1.82, 2.24) is 29.7 Å². The summed E-state index contributed by atoms with van der Waals surface area (Å²) in [6.07, 6.45) is 5.53. The zero-order chi connectivity index (χ0) is 27.4. The van der Waals surface area contributed by atoms with Crippen LogP contribution in [-0.2, 0) is 4.74 Å². The summed E-state index contributed by atoms with van der Waals surface area (Å²) in [7, 11) is 1.60. The molecule has 1 saturated heterocycles. The Hall–Kier alpha value is -3.39. The van der Waals surface area contributed by atoms with Crippen molar-refractivity contribution in [3.63, 3.8) is 0 Å². The first-order valence-electron chi connectivity index (χ1n) is 12.7. The van der Waals surface area contributed by atoms with Crippen LogP contribution in [0, 0.1) is 0 Å². The molecule has 1 aliphatic rings. The van der Waals surface area contributed by atoms with Crippen LogP contribution in [0.5, 0.6) is 23.1 Å². The van der Waals surface area contributed by atoms with Crippen LogP contribution in [0.15, 0.2) is 43.0 Å². The number of methoxy groups -OCH3 is 1. The van der Waals surface area contributed by atoms with Crippen molar-refractivity contribution in [2.24, 2.45) is 0 Å². The number of carbonyl (C=O) groups excluding carboxylic acids is 1. The van der Waals surface area contributed by atoms with Crippen LogP contribution >= 0.6 is 22.6 Å². The number of hydrogen-bond acceptors (Lipinski definition) is 9. The Morgan fingerprint density at radius 3 is 2.69 bits per heavy atom. The van der Waals surface area contributed by atoms with E-state index < -0.39 is 3.61 Å². The molecule has 4 heterocycles. The van der Waals surface area contributed by atoms with Crippen LogP contribution < -0.4 is 14.2 Å². The van der Waals surface area contributed by atoms with Gasteiger partial charge in [-0.05, 0) is 61.1 Å². The Balaban J connectivity index is 1.17. The van der Waals surface area contributed by atoms with Crippen LogP contribution in [0.2, 0.25) is 0 Å². The number of amides is 1. The number of rotatable bonds is 9. The molecule has 12 heteroatoms. The molecule has 5 rings (SSSR count). The number of H-pyrrole nitrogens is 1.